The van der Waals surface area contributed by atoms with Crippen LogP contribution in [0.3, 0.4) is 0 Å². The highest BCUT2D eigenvalue weighted by molar-refractivity contribution is 6.07. The summed E-state index contributed by atoms with van der Waals surface area (Å²) in [5, 5.41) is 8.34. The van der Waals surface area contributed by atoms with Crippen LogP contribution in [-0.2, 0) is 14.1 Å². The molecule has 48 valence electrons. The van der Waals surface area contributed by atoms with E-state index in [-0.39, 0.29) is 0 Å². The van der Waals surface area contributed by atoms with E-state index in [1.807, 2.05) is 0 Å². The van der Waals surface area contributed by atoms with Gasteiger partial charge in [-0.25, -0.2) is 4.79 Å². The van der Waals surface area contributed by atoms with Gasteiger partial charge in [0, 0.05) is 0 Å². The van der Waals surface area contributed by atoms with Crippen molar-refractivity contribution in [1.29, 1.82) is 0 Å². The van der Waals surface area contributed by atoms with E-state index in [9.17, 15) is 4.79 Å². The Morgan fingerprint density at radius 2 is 2.38 bits per heavy atom. The maximum atomic E-state index is 10.1. The van der Waals surface area contributed by atoms with Crippen molar-refractivity contribution in [3.8, 4) is 0 Å². The fourth-order valence-electron chi connectivity index (χ4n) is 0.101. The van der Waals surface area contributed by atoms with Gasteiger partial charge in [0.1, 0.15) is 11.9 Å². The summed E-state index contributed by atoms with van der Waals surface area (Å²) in [7, 11) is 0. The van der Waals surface area contributed by atoms with E-state index in [1.165, 1.54) is 6.92 Å². The smallest absolute Gasteiger partial charge is 0.372 e. The Morgan fingerprint density at radius 3 is 2.50 bits per heavy atom. The van der Waals surface area contributed by atoms with Crippen LogP contribution in [0.5, 0.6) is 0 Å². The summed E-state index contributed by atoms with van der Waals surface area (Å²) < 4.78 is 3.43. The largest absolute Gasteiger partial charge is 0.382 e. The Bertz CT molecular complexity index is 81.4. The van der Waals surface area contributed by atoms with Crippen molar-refractivity contribution in [2.45, 2.75) is 13.0 Å². The van der Waals surface area contributed by atoms with Crippen LogP contribution < -0.4 is 0 Å². The van der Waals surface area contributed by atoms with Gasteiger partial charge in [-0.05, 0) is 6.92 Å². The van der Waals surface area contributed by atoms with Gasteiger partial charge in [-0.2, -0.15) is 0 Å². The van der Waals surface area contributed by atoms with Crippen molar-refractivity contribution in [3.63, 3.8) is 0 Å². The highest BCUT2D eigenvalue weighted by Gasteiger charge is 2.10. The zero-order chi connectivity index (χ0) is 6.57. The standard InChI is InChI=1S/C3H5ClO4/c1-2(5)3(6)7-8-4/h2,5H,1H3. The van der Waals surface area contributed by atoms with Crippen LogP contribution in [0, 0.1) is 0 Å². The summed E-state index contributed by atoms with van der Waals surface area (Å²) in [5.41, 5.74) is 0. The second-order valence-corrected chi connectivity index (χ2v) is 1.27. The Kier molecular flexibility index (Phi) is 3.51. The Labute approximate surface area is 51.1 Å². The molecule has 0 aliphatic carbocycles. The lowest BCUT2D eigenvalue weighted by Gasteiger charge is -1.96. The quantitative estimate of drug-likeness (QED) is 0.433. The molecule has 4 nitrogen and oxygen atoms in total. The number of hydrogen-bond donors (Lipinski definition) is 1. The molecule has 0 radical (unpaired) electrons. The maximum Gasteiger partial charge on any atom is 0.372 e. The highest BCUT2D eigenvalue weighted by Crippen LogP contribution is 1.88. The Hall–Kier alpha value is -0.320. The lowest BCUT2D eigenvalue weighted by Crippen LogP contribution is -2.17. The van der Waals surface area contributed by atoms with Gasteiger partial charge in [-0.3, -0.25) is 4.89 Å². The minimum absolute atomic E-state index is 0.917. The number of carbonyl (C=O) groups excluding carboxylic acids is 1. The molecule has 0 rings (SSSR count). The van der Waals surface area contributed by atoms with Gasteiger partial charge in [-0.15, -0.1) is 0 Å². The zero-order valence-electron chi connectivity index (χ0n) is 4.13. The van der Waals surface area contributed by atoms with E-state index >= 15 is 0 Å². The van der Waals surface area contributed by atoms with Gasteiger partial charge >= 0.3 is 5.97 Å². The third-order valence-corrected chi connectivity index (χ3v) is 0.518. The molecule has 0 spiro atoms. The molecule has 0 aromatic heterocycles. The second kappa shape index (κ2) is 3.65. The SMILES string of the molecule is CC(O)C(=O)OOCl. The highest BCUT2D eigenvalue weighted by atomic mass is 35.5. The van der Waals surface area contributed by atoms with Gasteiger partial charge in [-0.1, -0.05) is 4.44 Å². The van der Waals surface area contributed by atoms with Gasteiger partial charge in [0.05, 0.1) is 0 Å². The van der Waals surface area contributed by atoms with E-state index in [1.54, 1.807) is 0 Å². The van der Waals surface area contributed by atoms with Crippen LogP contribution in [0.4, 0.5) is 0 Å². The van der Waals surface area contributed by atoms with Crippen LogP contribution in [0.25, 0.3) is 0 Å². The van der Waals surface area contributed by atoms with Crippen molar-refractivity contribution >= 4 is 17.8 Å². The minimum atomic E-state index is -1.20. The Balaban J connectivity index is 3.33. The number of carbonyl (C=O) groups is 1. The molecule has 5 heteroatoms. The van der Waals surface area contributed by atoms with Crippen molar-refractivity contribution < 1.29 is 19.2 Å². The summed E-state index contributed by atoms with van der Waals surface area (Å²) in [6, 6.07) is 0. The molecular formula is C3H5ClO4. The normalized spacial score (nSPS) is 12.9. The summed E-state index contributed by atoms with van der Waals surface area (Å²) >= 11 is 4.49. The molecule has 0 bridgehead atoms. The van der Waals surface area contributed by atoms with Gasteiger partial charge < -0.3 is 5.11 Å². The van der Waals surface area contributed by atoms with Crippen molar-refractivity contribution in [1.82, 2.24) is 0 Å². The number of rotatable bonds is 2. The third-order valence-electron chi connectivity index (χ3n) is 0.455. The van der Waals surface area contributed by atoms with Crippen LogP contribution in [-0.4, -0.2) is 17.2 Å². The molecule has 1 unspecified atom stereocenters. The molecule has 8 heavy (non-hydrogen) atoms. The van der Waals surface area contributed by atoms with Crippen LogP contribution in [0.15, 0.2) is 0 Å². The first kappa shape index (κ1) is 7.68. The van der Waals surface area contributed by atoms with Crippen LogP contribution >= 0.6 is 11.9 Å². The van der Waals surface area contributed by atoms with E-state index in [4.69, 9.17) is 5.11 Å². The molecule has 0 aliphatic rings. The molecule has 0 aromatic rings. The third kappa shape index (κ3) is 2.79. The average Bonchev–Trinajstić information content (AvgIpc) is 1.67. The van der Waals surface area contributed by atoms with E-state index in [0.29, 0.717) is 0 Å². The monoisotopic (exact) mass is 140 g/mol. The molecule has 1 atom stereocenters. The molecule has 1 N–H and O–H groups in total. The molecule has 0 fully saturated rings. The molecule has 0 aliphatic heterocycles. The number of aliphatic hydroxyl groups is 1. The fraction of sp³-hybridized carbons (Fsp3) is 0.667. The van der Waals surface area contributed by atoms with Gasteiger partial charge in [0.2, 0.25) is 0 Å². The van der Waals surface area contributed by atoms with Gasteiger partial charge in [0.15, 0.2) is 6.10 Å². The number of halogens is 1. The van der Waals surface area contributed by atoms with Crippen LogP contribution in [0.2, 0.25) is 0 Å². The molecule has 0 heterocycles. The number of aliphatic hydroxyl groups excluding tert-OH is 1. The summed E-state index contributed by atoms with van der Waals surface area (Å²) in [6.07, 6.45) is -1.20. The van der Waals surface area contributed by atoms with Crippen LogP contribution in [0.1, 0.15) is 6.92 Å². The molecule has 0 aromatic carbocycles. The van der Waals surface area contributed by atoms with Gasteiger partial charge in [0.25, 0.3) is 0 Å². The Morgan fingerprint density at radius 1 is 1.88 bits per heavy atom. The predicted molar refractivity (Wildman–Crippen MR) is 24.7 cm³/mol. The molecular weight excluding hydrogens is 135 g/mol. The second-order valence-electron chi connectivity index (χ2n) is 1.14. The number of hydrogen-bond acceptors (Lipinski definition) is 4. The van der Waals surface area contributed by atoms with Crippen molar-refractivity contribution in [2.75, 3.05) is 0 Å². The van der Waals surface area contributed by atoms with E-state index in [2.05, 4.69) is 21.2 Å². The average molecular weight is 141 g/mol. The minimum Gasteiger partial charge on any atom is -0.382 e. The van der Waals surface area contributed by atoms with E-state index < -0.39 is 12.1 Å². The fourth-order valence-corrected chi connectivity index (χ4v) is 0.163. The lowest BCUT2D eigenvalue weighted by molar-refractivity contribution is -0.219. The molecule has 0 amide bonds. The first-order valence-corrected chi connectivity index (χ1v) is 2.16. The van der Waals surface area contributed by atoms with E-state index in [0.717, 1.165) is 0 Å². The maximum absolute atomic E-state index is 10.1. The summed E-state index contributed by atoms with van der Waals surface area (Å²) in [6.45, 7) is 1.23. The summed E-state index contributed by atoms with van der Waals surface area (Å²) in [5.74, 6) is -0.917. The topological polar surface area (TPSA) is 55.8 Å². The predicted octanol–water partition coefficient (Wildman–Crippen LogP) is -0.00420. The first-order valence-electron chi connectivity index (χ1n) is 1.85. The first-order chi connectivity index (χ1) is 3.68. The zero-order valence-corrected chi connectivity index (χ0v) is 4.88. The molecule has 0 saturated heterocycles. The lowest BCUT2D eigenvalue weighted by atomic mass is 10.4. The molecule has 0 saturated carbocycles. The van der Waals surface area contributed by atoms with Crippen molar-refractivity contribution in [3.05, 3.63) is 0 Å². The van der Waals surface area contributed by atoms with Crippen molar-refractivity contribution in [2.24, 2.45) is 0 Å². The summed E-state index contributed by atoms with van der Waals surface area (Å²) in [4.78, 5) is 13.7.